The number of methoxy groups -OCH3 is 1. The highest BCUT2D eigenvalue weighted by Crippen LogP contribution is 2.34. The van der Waals surface area contributed by atoms with Crippen molar-refractivity contribution in [3.8, 4) is 11.5 Å². The molecular weight excluding hydrogens is 381 g/mol. The molecule has 1 N–H and O–H groups in total. The van der Waals surface area contributed by atoms with Gasteiger partial charge in [-0.2, -0.15) is 0 Å². The molecule has 0 aliphatic heterocycles. The van der Waals surface area contributed by atoms with Crippen LogP contribution in [-0.4, -0.2) is 13.2 Å². The van der Waals surface area contributed by atoms with E-state index in [0.717, 1.165) is 17.5 Å². The lowest BCUT2D eigenvalue weighted by Gasteiger charge is -2.16. The minimum atomic E-state index is 0.299. The third kappa shape index (κ3) is 5.68. The second kappa shape index (κ2) is 9.54. The molecule has 0 radical (unpaired) electrons. The molecule has 0 saturated carbocycles. The van der Waals surface area contributed by atoms with Crippen LogP contribution in [0.2, 0.25) is 15.1 Å². The fourth-order valence-electron chi connectivity index (χ4n) is 2.21. The average molecular weight is 403 g/mol. The van der Waals surface area contributed by atoms with Crippen molar-refractivity contribution in [2.24, 2.45) is 0 Å². The van der Waals surface area contributed by atoms with Crippen molar-refractivity contribution < 1.29 is 9.47 Å². The largest absolute Gasteiger partial charge is 0.493 e. The normalized spacial score (nSPS) is 12.1. The minimum absolute atomic E-state index is 0.299. The highest BCUT2D eigenvalue weighted by atomic mass is 35.5. The van der Waals surface area contributed by atoms with Gasteiger partial charge in [0.05, 0.1) is 7.11 Å². The maximum Gasteiger partial charge on any atom is 0.163 e. The summed E-state index contributed by atoms with van der Waals surface area (Å²) in [6.07, 6.45) is 1.05. The van der Waals surface area contributed by atoms with E-state index in [4.69, 9.17) is 44.3 Å². The number of hydrogen-bond donors (Lipinski definition) is 1. The zero-order valence-electron chi connectivity index (χ0n) is 14.5. The molecule has 0 bridgehead atoms. The minimum Gasteiger partial charge on any atom is -0.493 e. The summed E-state index contributed by atoms with van der Waals surface area (Å²) in [5.41, 5.74) is 1.81. The van der Waals surface area contributed by atoms with Crippen LogP contribution in [-0.2, 0) is 13.2 Å². The Labute approximate surface area is 164 Å². The molecule has 2 aromatic carbocycles. The molecule has 3 nitrogen and oxygen atoms in total. The second-order valence-electron chi connectivity index (χ2n) is 5.81. The first kappa shape index (κ1) is 20.2. The summed E-state index contributed by atoms with van der Waals surface area (Å²) in [4.78, 5) is 0. The zero-order chi connectivity index (χ0) is 18.4. The monoisotopic (exact) mass is 401 g/mol. The first-order chi connectivity index (χ1) is 11.9. The van der Waals surface area contributed by atoms with Gasteiger partial charge in [0.2, 0.25) is 0 Å². The summed E-state index contributed by atoms with van der Waals surface area (Å²) in [6.45, 7) is 5.25. The van der Waals surface area contributed by atoms with Crippen LogP contribution in [0, 0.1) is 0 Å². The van der Waals surface area contributed by atoms with Crippen LogP contribution in [0.3, 0.4) is 0 Å². The van der Waals surface area contributed by atoms with E-state index in [1.807, 2.05) is 12.1 Å². The van der Waals surface area contributed by atoms with Crippen molar-refractivity contribution in [2.75, 3.05) is 7.11 Å². The van der Waals surface area contributed by atoms with Crippen molar-refractivity contribution >= 4 is 34.8 Å². The van der Waals surface area contributed by atoms with E-state index in [-0.39, 0.29) is 0 Å². The van der Waals surface area contributed by atoms with Gasteiger partial charge in [-0.1, -0.05) is 47.8 Å². The second-order valence-corrected chi connectivity index (χ2v) is 7.06. The van der Waals surface area contributed by atoms with Crippen molar-refractivity contribution in [3.05, 3.63) is 56.5 Å². The summed E-state index contributed by atoms with van der Waals surface area (Å²) in [5, 5.41) is 5.21. The maximum absolute atomic E-state index is 6.40. The number of ether oxygens (including phenoxy) is 2. The Balaban J connectivity index is 2.13. The molecule has 0 aliphatic rings. The van der Waals surface area contributed by atoms with Gasteiger partial charge in [0.15, 0.2) is 11.5 Å². The van der Waals surface area contributed by atoms with Crippen LogP contribution in [0.5, 0.6) is 11.5 Å². The van der Waals surface area contributed by atoms with E-state index in [9.17, 15) is 0 Å². The lowest BCUT2D eigenvalue weighted by molar-refractivity contribution is 0.284. The molecule has 136 valence electrons. The van der Waals surface area contributed by atoms with Crippen LogP contribution < -0.4 is 14.8 Å². The molecule has 2 rings (SSSR count). The Morgan fingerprint density at radius 2 is 1.72 bits per heavy atom. The fraction of sp³-hybridized carbons (Fsp3) is 0.368. The Morgan fingerprint density at radius 1 is 1.00 bits per heavy atom. The number of nitrogens with one attached hydrogen (secondary N) is 1. The molecule has 1 atom stereocenters. The van der Waals surface area contributed by atoms with Gasteiger partial charge in [-0.3, -0.25) is 0 Å². The molecule has 0 spiro atoms. The maximum atomic E-state index is 6.40. The zero-order valence-corrected chi connectivity index (χ0v) is 16.8. The smallest absolute Gasteiger partial charge is 0.163 e. The van der Waals surface area contributed by atoms with Gasteiger partial charge < -0.3 is 14.8 Å². The SMILES string of the molecule is CCC(C)NCc1cc(OC)c(OCc2ccc(Cl)cc2Cl)cc1Cl. The number of rotatable bonds is 8. The van der Waals surface area contributed by atoms with Crippen LogP contribution >= 0.6 is 34.8 Å². The standard InChI is InChI=1S/C19H22Cl3NO2/c1-4-12(2)23-10-14-7-18(24-3)19(9-17(14)22)25-11-13-5-6-15(20)8-16(13)21/h5-9,12,23H,4,10-11H2,1-3H3. The van der Waals surface area contributed by atoms with Crippen LogP contribution in [0.4, 0.5) is 0 Å². The van der Waals surface area contributed by atoms with E-state index < -0.39 is 0 Å². The molecule has 0 amide bonds. The lowest BCUT2D eigenvalue weighted by Crippen LogP contribution is -2.24. The van der Waals surface area contributed by atoms with Gasteiger partial charge in [-0.25, -0.2) is 0 Å². The summed E-state index contributed by atoms with van der Waals surface area (Å²) >= 11 is 18.5. The van der Waals surface area contributed by atoms with Gasteiger partial charge in [-0.15, -0.1) is 0 Å². The van der Waals surface area contributed by atoms with E-state index >= 15 is 0 Å². The van der Waals surface area contributed by atoms with Gasteiger partial charge in [0.25, 0.3) is 0 Å². The van der Waals surface area contributed by atoms with E-state index in [1.165, 1.54) is 0 Å². The molecule has 25 heavy (non-hydrogen) atoms. The van der Waals surface area contributed by atoms with Crippen LogP contribution in [0.1, 0.15) is 31.4 Å². The molecular formula is C19H22Cl3NO2. The summed E-state index contributed by atoms with van der Waals surface area (Å²) in [5.74, 6) is 1.21. The molecule has 0 aliphatic carbocycles. The van der Waals surface area contributed by atoms with Gasteiger partial charge in [-0.05, 0) is 37.1 Å². The number of halogens is 3. The number of benzene rings is 2. The Bertz CT molecular complexity index is 722. The van der Waals surface area contributed by atoms with Gasteiger partial charge in [0.1, 0.15) is 6.61 Å². The Hall–Kier alpha value is -1.13. The third-order valence-corrected chi connectivity index (χ3v) is 4.92. The summed E-state index contributed by atoms with van der Waals surface area (Å²) in [7, 11) is 1.61. The first-order valence-corrected chi connectivity index (χ1v) is 9.24. The highest BCUT2D eigenvalue weighted by Gasteiger charge is 2.12. The summed E-state index contributed by atoms with van der Waals surface area (Å²) in [6, 6.07) is 9.40. The molecule has 0 heterocycles. The highest BCUT2D eigenvalue weighted by molar-refractivity contribution is 6.35. The Morgan fingerprint density at radius 3 is 2.36 bits per heavy atom. The predicted octanol–water partition coefficient (Wildman–Crippen LogP) is 6.12. The topological polar surface area (TPSA) is 30.5 Å². The quantitative estimate of drug-likeness (QED) is 0.576. The lowest BCUT2D eigenvalue weighted by atomic mass is 10.1. The molecule has 0 saturated heterocycles. The van der Waals surface area contributed by atoms with Crippen molar-refractivity contribution in [3.63, 3.8) is 0 Å². The van der Waals surface area contributed by atoms with Crippen molar-refractivity contribution in [2.45, 2.75) is 39.5 Å². The van der Waals surface area contributed by atoms with E-state index in [0.29, 0.717) is 45.8 Å². The molecule has 1 unspecified atom stereocenters. The molecule has 0 fully saturated rings. The summed E-state index contributed by atoms with van der Waals surface area (Å²) < 4.78 is 11.3. The molecule has 2 aromatic rings. The van der Waals surface area contributed by atoms with Gasteiger partial charge in [0, 0.05) is 39.3 Å². The molecule has 0 aromatic heterocycles. The third-order valence-electron chi connectivity index (χ3n) is 3.98. The van der Waals surface area contributed by atoms with Gasteiger partial charge >= 0.3 is 0 Å². The molecule has 6 heteroatoms. The Kier molecular flexibility index (Phi) is 7.70. The average Bonchev–Trinajstić information content (AvgIpc) is 2.59. The van der Waals surface area contributed by atoms with Crippen molar-refractivity contribution in [1.29, 1.82) is 0 Å². The van der Waals surface area contributed by atoms with Crippen molar-refractivity contribution in [1.82, 2.24) is 5.32 Å². The first-order valence-electron chi connectivity index (χ1n) is 8.11. The van der Waals surface area contributed by atoms with Crippen LogP contribution in [0.25, 0.3) is 0 Å². The van der Waals surface area contributed by atoms with Crippen LogP contribution in [0.15, 0.2) is 30.3 Å². The van der Waals surface area contributed by atoms with E-state index in [2.05, 4.69) is 19.2 Å². The van der Waals surface area contributed by atoms with E-state index in [1.54, 1.807) is 25.3 Å². The number of hydrogen-bond acceptors (Lipinski definition) is 3. The predicted molar refractivity (Wildman–Crippen MR) is 105 cm³/mol. The fourth-order valence-corrected chi connectivity index (χ4v) is 2.89.